The Hall–Kier alpha value is -1.46. The van der Waals surface area contributed by atoms with Crippen LogP contribution >= 0.6 is 23.2 Å². The van der Waals surface area contributed by atoms with E-state index in [0.717, 1.165) is 12.8 Å². The van der Waals surface area contributed by atoms with E-state index in [0.29, 0.717) is 6.54 Å². The lowest BCUT2D eigenvalue weighted by molar-refractivity contribution is -0.133. The summed E-state index contributed by atoms with van der Waals surface area (Å²) in [6, 6.07) is 2.91. The average molecular weight is 332 g/mol. The van der Waals surface area contributed by atoms with Crippen LogP contribution in [-0.4, -0.2) is 41.1 Å². The number of benzene rings is 1. The van der Waals surface area contributed by atoms with Crippen molar-refractivity contribution in [3.8, 4) is 5.75 Å². The maximum absolute atomic E-state index is 12.1. The van der Waals surface area contributed by atoms with Crippen LogP contribution in [-0.2, 0) is 4.79 Å². The van der Waals surface area contributed by atoms with E-state index in [4.69, 9.17) is 33.0 Å². The number of hydrogen-bond donors (Lipinski definition) is 1. The van der Waals surface area contributed by atoms with Gasteiger partial charge in [0.25, 0.3) is 5.91 Å². The summed E-state index contributed by atoms with van der Waals surface area (Å²) in [5, 5.41) is 9.41. The van der Waals surface area contributed by atoms with Crippen LogP contribution in [0.3, 0.4) is 0 Å². The molecule has 1 N–H and O–H groups in total. The fourth-order valence-corrected chi connectivity index (χ4v) is 2.66. The molecule has 0 atom stereocenters. The van der Waals surface area contributed by atoms with Crippen molar-refractivity contribution < 1.29 is 19.4 Å². The minimum absolute atomic E-state index is 0.0335. The molecule has 2 rings (SSSR count). The second kappa shape index (κ2) is 6.54. The zero-order chi connectivity index (χ0) is 15.6. The molecule has 114 valence electrons. The Bertz CT molecular complexity index is 572. The molecule has 1 aromatic carbocycles. The molecule has 5 nitrogen and oxygen atoms in total. The molecule has 0 unspecified atom stereocenters. The van der Waals surface area contributed by atoms with E-state index in [2.05, 4.69) is 0 Å². The van der Waals surface area contributed by atoms with Crippen molar-refractivity contribution in [2.45, 2.75) is 25.8 Å². The first-order valence-electron chi connectivity index (χ1n) is 6.58. The fourth-order valence-electron chi connectivity index (χ4n) is 2.11. The SMILES string of the molecule is CCN(C(=O)COc1c(Cl)cc(Cl)cc1C(=O)O)C1CC1. The van der Waals surface area contributed by atoms with Gasteiger partial charge in [0.2, 0.25) is 0 Å². The van der Waals surface area contributed by atoms with Crippen LogP contribution in [0.4, 0.5) is 0 Å². The Morgan fingerprint density at radius 1 is 1.38 bits per heavy atom. The van der Waals surface area contributed by atoms with Crippen LogP contribution in [0.5, 0.6) is 5.75 Å². The summed E-state index contributed by atoms with van der Waals surface area (Å²) in [6.45, 7) is 2.26. The molecular weight excluding hydrogens is 317 g/mol. The average Bonchev–Trinajstić information content (AvgIpc) is 3.22. The minimum atomic E-state index is -1.21. The van der Waals surface area contributed by atoms with Crippen LogP contribution in [0, 0.1) is 0 Å². The zero-order valence-corrected chi connectivity index (χ0v) is 12.9. The Balaban J connectivity index is 2.12. The molecule has 0 aromatic heterocycles. The van der Waals surface area contributed by atoms with Gasteiger partial charge in [0.15, 0.2) is 12.4 Å². The molecular formula is C14H15Cl2NO4. The monoisotopic (exact) mass is 331 g/mol. The molecule has 1 aliphatic rings. The van der Waals surface area contributed by atoms with Crippen LogP contribution in [0.2, 0.25) is 10.0 Å². The maximum Gasteiger partial charge on any atom is 0.339 e. The number of amides is 1. The van der Waals surface area contributed by atoms with Gasteiger partial charge in [0.1, 0.15) is 5.56 Å². The van der Waals surface area contributed by atoms with Gasteiger partial charge in [-0.25, -0.2) is 4.79 Å². The number of carbonyl (C=O) groups excluding carboxylic acids is 1. The number of carboxylic acids is 1. The largest absolute Gasteiger partial charge is 0.481 e. The summed E-state index contributed by atoms with van der Waals surface area (Å²) >= 11 is 11.7. The van der Waals surface area contributed by atoms with Crippen molar-refractivity contribution in [3.63, 3.8) is 0 Å². The van der Waals surface area contributed by atoms with E-state index in [9.17, 15) is 9.59 Å². The van der Waals surface area contributed by atoms with Crippen molar-refractivity contribution in [1.82, 2.24) is 4.90 Å². The van der Waals surface area contributed by atoms with Crippen LogP contribution in [0.1, 0.15) is 30.1 Å². The second-order valence-corrected chi connectivity index (χ2v) is 5.61. The first-order valence-corrected chi connectivity index (χ1v) is 7.34. The van der Waals surface area contributed by atoms with Crippen LogP contribution in [0.15, 0.2) is 12.1 Å². The Kier molecular flexibility index (Phi) is 4.96. The predicted octanol–water partition coefficient (Wildman–Crippen LogP) is 3.08. The second-order valence-electron chi connectivity index (χ2n) is 4.77. The maximum atomic E-state index is 12.1. The lowest BCUT2D eigenvalue weighted by Crippen LogP contribution is -2.36. The van der Waals surface area contributed by atoms with Gasteiger partial charge in [0.05, 0.1) is 5.02 Å². The van der Waals surface area contributed by atoms with Crippen molar-refractivity contribution in [3.05, 3.63) is 27.7 Å². The van der Waals surface area contributed by atoms with Gasteiger partial charge < -0.3 is 14.7 Å². The molecule has 0 saturated heterocycles. The highest BCUT2D eigenvalue weighted by molar-refractivity contribution is 6.36. The van der Waals surface area contributed by atoms with Gasteiger partial charge in [-0.15, -0.1) is 0 Å². The number of rotatable bonds is 6. The Morgan fingerprint density at radius 2 is 2.05 bits per heavy atom. The number of nitrogens with zero attached hydrogens (tertiary/aromatic N) is 1. The molecule has 0 aliphatic heterocycles. The van der Waals surface area contributed by atoms with Crippen LogP contribution in [0.25, 0.3) is 0 Å². The topological polar surface area (TPSA) is 66.8 Å². The summed E-state index contributed by atoms with van der Waals surface area (Å²) < 4.78 is 5.34. The molecule has 0 radical (unpaired) electrons. The molecule has 0 bridgehead atoms. The standard InChI is InChI=1S/C14H15Cl2NO4/c1-2-17(9-3-4-9)12(18)7-21-13-10(14(19)20)5-8(15)6-11(13)16/h5-6,9H,2-4,7H2,1H3,(H,19,20). The summed E-state index contributed by atoms with van der Waals surface area (Å²) in [5.74, 6) is -1.42. The number of aromatic carboxylic acids is 1. The molecule has 0 heterocycles. The van der Waals surface area contributed by atoms with E-state index in [1.807, 2.05) is 6.92 Å². The number of hydrogen-bond acceptors (Lipinski definition) is 3. The highest BCUT2D eigenvalue weighted by Gasteiger charge is 2.31. The van der Waals surface area contributed by atoms with Gasteiger partial charge in [-0.05, 0) is 31.9 Å². The Morgan fingerprint density at radius 3 is 2.57 bits per heavy atom. The van der Waals surface area contributed by atoms with Crippen molar-refractivity contribution in [2.24, 2.45) is 0 Å². The lowest BCUT2D eigenvalue weighted by atomic mass is 10.2. The molecule has 7 heteroatoms. The van der Waals surface area contributed by atoms with Gasteiger partial charge in [-0.2, -0.15) is 0 Å². The third kappa shape index (κ3) is 3.80. The number of carbonyl (C=O) groups is 2. The van der Waals surface area contributed by atoms with Crippen molar-refractivity contribution in [2.75, 3.05) is 13.2 Å². The van der Waals surface area contributed by atoms with E-state index >= 15 is 0 Å². The third-order valence-corrected chi connectivity index (χ3v) is 3.73. The summed E-state index contributed by atoms with van der Waals surface area (Å²) in [5.41, 5.74) is -0.158. The third-order valence-electron chi connectivity index (χ3n) is 3.23. The number of ether oxygens (including phenoxy) is 1. The number of carboxylic acid groups (broad SMARTS) is 1. The quantitative estimate of drug-likeness (QED) is 0.869. The first kappa shape index (κ1) is 15.9. The Labute approximate surface area is 132 Å². The van der Waals surface area contributed by atoms with Crippen molar-refractivity contribution >= 4 is 35.1 Å². The molecule has 1 aliphatic carbocycles. The molecule has 1 fully saturated rings. The summed E-state index contributed by atoms with van der Waals surface area (Å²) in [4.78, 5) is 25.0. The molecule has 1 aromatic rings. The first-order chi connectivity index (χ1) is 9.93. The highest BCUT2D eigenvalue weighted by Crippen LogP contribution is 2.33. The smallest absolute Gasteiger partial charge is 0.339 e. The fraction of sp³-hybridized carbons (Fsp3) is 0.429. The van der Waals surface area contributed by atoms with E-state index in [-0.39, 0.29) is 39.9 Å². The van der Waals surface area contributed by atoms with Gasteiger partial charge in [-0.3, -0.25) is 4.79 Å². The highest BCUT2D eigenvalue weighted by atomic mass is 35.5. The van der Waals surface area contributed by atoms with E-state index < -0.39 is 5.97 Å². The molecule has 1 amide bonds. The van der Waals surface area contributed by atoms with E-state index in [1.54, 1.807) is 4.90 Å². The summed E-state index contributed by atoms with van der Waals surface area (Å²) in [6.07, 6.45) is 2.00. The van der Waals surface area contributed by atoms with E-state index in [1.165, 1.54) is 12.1 Å². The molecule has 21 heavy (non-hydrogen) atoms. The molecule has 1 saturated carbocycles. The normalized spacial score (nSPS) is 13.9. The molecule has 0 spiro atoms. The van der Waals surface area contributed by atoms with Crippen molar-refractivity contribution in [1.29, 1.82) is 0 Å². The lowest BCUT2D eigenvalue weighted by Gasteiger charge is -2.21. The minimum Gasteiger partial charge on any atom is -0.481 e. The zero-order valence-electron chi connectivity index (χ0n) is 11.4. The predicted molar refractivity (Wildman–Crippen MR) is 79.3 cm³/mol. The summed E-state index contributed by atoms with van der Waals surface area (Å²) in [7, 11) is 0. The van der Waals surface area contributed by atoms with Gasteiger partial charge in [-0.1, -0.05) is 23.2 Å². The number of halogens is 2. The van der Waals surface area contributed by atoms with Crippen LogP contribution < -0.4 is 4.74 Å². The number of likely N-dealkylation sites (N-methyl/N-ethyl adjacent to an activating group) is 1. The van der Waals surface area contributed by atoms with Gasteiger partial charge >= 0.3 is 5.97 Å². The van der Waals surface area contributed by atoms with Gasteiger partial charge in [0, 0.05) is 17.6 Å².